The Bertz CT molecular complexity index is 1000. The Kier molecular flexibility index (Phi) is 4.71. The van der Waals surface area contributed by atoms with Gasteiger partial charge in [-0.15, -0.1) is 5.10 Å². The van der Waals surface area contributed by atoms with Crippen LogP contribution in [0.4, 0.5) is 21.8 Å². The van der Waals surface area contributed by atoms with Crippen molar-refractivity contribution in [1.29, 1.82) is 0 Å². The van der Waals surface area contributed by atoms with E-state index < -0.39 is 0 Å². The lowest BCUT2D eigenvalue weighted by atomic mass is 10.0. The Labute approximate surface area is 169 Å². The van der Waals surface area contributed by atoms with Crippen LogP contribution in [0.2, 0.25) is 0 Å². The van der Waals surface area contributed by atoms with Gasteiger partial charge in [0.15, 0.2) is 5.82 Å². The van der Waals surface area contributed by atoms with Crippen LogP contribution >= 0.6 is 0 Å². The van der Waals surface area contributed by atoms with Crippen molar-refractivity contribution in [3.8, 4) is 0 Å². The van der Waals surface area contributed by atoms with Gasteiger partial charge >= 0.3 is 0 Å². The summed E-state index contributed by atoms with van der Waals surface area (Å²) in [6.45, 7) is 4.70. The number of hydrogen-bond donors (Lipinski definition) is 0. The minimum Gasteiger partial charge on any atom is -0.366 e. The summed E-state index contributed by atoms with van der Waals surface area (Å²) in [6, 6.07) is 15.5. The second-order valence-corrected chi connectivity index (χ2v) is 7.48. The molecule has 0 radical (unpaired) electrons. The van der Waals surface area contributed by atoms with Crippen LogP contribution in [0, 0.1) is 5.82 Å². The topological polar surface area (TPSA) is 48.4 Å². The van der Waals surface area contributed by atoms with Crippen LogP contribution in [0.5, 0.6) is 0 Å². The predicted octanol–water partition coefficient (Wildman–Crippen LogP) is 2.90. The highest BCUT2D eigenvalue weighted by atomic mass is 19.1. The molecule has 7 heteroatoms. The van der Waals surface area contributed by atoms with Gasteiger partial charge in [0, 0.05) is 39.3 Å². The fourth-order valence-corrected chi connectivity index (χ4v) is 4.12. The molecule has 29 heavy (non-hydrogen) atoms. The van der Waals surface area contributed by atoms with E-state index in [9.17, 15) is 4.39 Å². The van der Waals surface area contributed by atoms with Crippen LogP contribution in [0.15, 0.2) is 54.7 Å². The van der Waals surface area contributed by atoms with Crippen molar-refractivity contribution in [2.24, 2.45) is 0 Å². The number of benzene rings is 2. The molecule has 2 aliphatic heterocycles. The molecule has 2 aromatic carbocycles. The summed E-state index contributed by atoms with van der Waals surface area (Å²) in [5.41, 5.74) is 3.42. The normalized spacial score (nSPS) is 16.7. The van der Waals surface area contributed by atoms with Gasteiger partial charge in [-0.3, -0.25) is 0 Å². The number of halogens is 1. The number of nitrogens with zero attached hydrogens (tertiary/aromatic N) is 6. The molecule has 0 aliphatic carbocycles. The Hall–Kier alpha value is -3.22. The van der Waals surface area contributed by atoms with Gasteiger partial charge in [-0.25, -0.2) is 4.39 Å². The van der Waals surface area contributed by atoms with Gasteiger partial charge in [0.05, 0.1) is 11.9 Å². The van der Waals surface area contributed by atoms with E-state index in [0.29, 0.717) is 11.6 Å². The SMILES string of the molecule is Fc1ccccc1N1CCN(c2nncc(N3CCc4ccccc4C3)n2)CC1. The summed E-state index contributed by atoms with van der Waals surface area (Å²) in [7, 11) is 0. The zero-order valence-electron chi connectivity index (χ0n) is 16.2. The Balaban J connectivity index is 1.28. The third-order valence-electron chi connectivity index (χ3n) is 5.75. The van der Waals surface area contributed by atoms with E-state index in [1.165, 1.54) is 17.2 Å². The van der Waals surface area contributed by atoms with Crippen LogP contribution in [0.3, 0.4) is 0 Å². The highest BCUT2D eigenvalue weighted by molar-refractivity contribution is 5.50. The van der Waals surface area contributed by atoms with Crippen molar-refractivity contribution in [3.05, 3.63) is 71.7 Å². The quantitative estimate of drug-likeness (QED) is 0.685. The second-order valence-electron chi connectivity index (χ2n) is 7.48. The summed E-state index contributed by atoms with van der Waals surface area (Å²) in [5.74, 6) is 1.34. The van der Waals surface area contributed by atoms with Crippen molar-refractivity contribution in [3.63, 3.8) is 0 Å². The molecule has 0 saturated carbocycles. The van der Waals surface area contributed by atoms with Gasteiger partial charge in [0.2, 0.25) is 5.95 Å². The highest BCUT2D eigenvalue weighted by Crippen LogP contribution is 2.25. The molecule has 1 aromatic heterocycles. The van der Waals surface area contributed by atoms with Gasteiger partial charge in [-0.05, 0) is 29.7 Å². The fourth-order valence-electron chi connectivity index (χ4n) is 4.12. The molecule has 0 amide bonds. The first kappa shape index (κ1) is 17.8. The minimum atomic E-state index is -0.175. The smallest absolute Gasteiger partial charge is 0.247 e. The van der Waals surface area contributed by atoms with E-state index in [4.69, 9.17) is 4.98 Å². The van der Waals surface area contributed by atoms with Gasteiger partial charge in [0.1, 0.15) is 5.82 Å². The summed E-state index contributed by atoms with van der Waals surface area (Å²) < 4.78 is 14.1. The van der Waals surface area contributed by atoms with Crippen LogP contribution < -0.4 is 14.7 Å². The number of anilines is 3. The largest absolute Gasteiger partial charge is 0.366 e. The van der Waals surface area contributed by atoms with Crippen LogP contribution in [-0.4, -0.2) is 47.9 Å². The summed E-state index contributed by atoms with van der Waals surface area (Å²) >= 11 is 0. The fraction of sp³-hybridized carbons (Fsp3) is 0.318. The highest BCUT2D eigenvalue weighted by Gasteiger charge is 2.23. The van der Waals surface area contributed by atoms with Gasteiger partial charge in [0.25, 0.3) is 0 Å². The number of piperazine rings is 1. The van der Waals surface area contributed by atoms with E-state index in [-0.39, 0.29) is 5.82 Å². The summed E-state index contributed by atoms with van der Waals surface area (Å²) in [6.07, 6.45) is 2.75. The molecule has 0 spiro atoms. The van der Waals surface area contributed by atoms with E-state index in [1.807, 2.05) is 12.1 Å². The first-order valence-corrected chi connectivity index (χ1v) is 10.0. The van der Waals surface area contributed by atoms with Gasteiger partial charge in [-0.1, -0.05) is 36.4 Å². The van der Waals surface area contributed by atoms with Crippen molar-refractivity contribution in [1.82, 2.24) is 15.2 Å². The van der Waals surface area contributed by atoms with Gasteiger partial charge < -0.3 is 14.7 Å². The van der Waals surface area contributed by atoms with Crippen molar-refractivity contribution in [2.75, 3.05) is 47.4 Å². The monoisotopic (exact) mass is 390 g/mol. The Morgan fingerprint density at radius 2 is 1.48 bits per heavy atom. The molecule has 2 aliphatic rings. The summed E-state index contributed by atoms with van der Waals surface area (Å²) in [4.78, 5) is 11.3. The molecule has 5 rings (SSSR count). The van der Waals surface area contributed by atoms with Crippen molar-refractivity contribution in [2.45, 2.75) is 13.0 Å². The molecule has 0 atom stereocenters. The number of aromatic nitrogens is 3. The van der Waals surface area contributed by atoms with E-state index >= 15 is 0 Å². The molecule has 3 heterocycles. The maximum atomic E-state index is 14.1. The average Bonchev–Trinajstić information content (AvgIpc) is 2.79. The molecular formula is C22H23FN6. The molecule has 1 fully saturated rings. The first-order chi connectivity index (χ1) is 14.3. The Morgan fingerprint density at radius 1 is 0.759 bits per heavy atom. The molecule has 0 N–H and O–H groups in total. The Morgan fingerprint density at radius 3 is 2.31 bits per heavy atom. The van der Waals surface area contributed by atoms with Crippen LogP contribution in [0.1, 0.15) is 11.1 Å². The lowest BCUT2D eigenvalue weighted by Gasteiger charge is -2.36. The lowest BCUT2D eigenvalue weighted by molar-refractivity contribution is 0.591. The molecule has 3 aromatic rings. The van der Waals surface area contributed by atoms with Crippen molar-refractivity contribution >= 4 is 17.5 Å². The molecule has 6 nitrogen and oxygen atoms in total. The van der Waals surface area contributed by atoms with Crippen LogP contribution in [0.25, 0.3) is 0 Å². The first-order valence-electron chi connectivity index (χ1n) is 10.0. The zero-order valence-corrected chi connectivity index (χ0v) is 16.2. The van der Waals surface area contributed by atoms with E-state index in [1.54, 1.807) is 12.3 Å². The van der Waals surface area contributed by atoms with Gasteiger partial charge in [-0.2, -0.15) is 10.1 Å². The van der Waals surface area contributed by atoms with E-state index in [2.05, 4.69) is 49.2 Å². The number of hydrogen-bond acceptors (Lipinski definition) is 6. The lowest BCUT2D eigenvalue weighted by Crippen LogP contribution is -2.47. The molecule has 148 valence electrons. The minimum absolute atomic E-state index is 0.175. The number of rotatable bonds is 3. The average molecular weight is 390 g/mol. The maximum Gasteiger partial charge on any atom is 0.247 e. The molecule has 0 bridgehead atoms. The predicted molar refractivity (Wildman–Crippen MR) is 112 cm³/mol. The third-order valence-corrected chi connectivity index (χ3v) is 5.75. The molecular weight excluding hydrogens is 367 g/mol. The number of fused-ring (bicyclic) bond motifs is 1. The maximum absolute atomic E-state index is 14.1. The van der Waals surface area contributed by atoms with Crippen molar-refractivity contribution < 1.29 is 4.39 Å². The second kappa shape index (κ2) is 7.66. The standard InChI is InChI=1S/C22H23FN6/c23-19-7-3-4-8-20(19)27-11-13-28(14-12-27)22-25-21(15-24-26-22)29-10-9-17-5-1-2-6-18(17)16-29/h1-8,15H,9-14,16H2. The summed E-state index contributed by atoms with van der Waals surface area (Å²) in [5, 5.41) is 8.48. The third kappa shape index (κ3) is 3.60. The van der Waals surface area contributed by atoms with E-state index in [0.717, 1.165) is 51.5 Å². The number of para-hydroxylation sites is 1. The molecule has 0 unspecified atom stereocenters. The van der Waals surface area contributed by atoms with Crippen LogP contribution in [-0.2, 0) is 13.0 Å². The zero-order chi connectivity index (χ0) is 19.6. The molecule has 1 saturated heterocycles.